The highest BCUT2D eigenvalue weighted by atomic mass is 16.5. The van der Waals surface area contributed by atoms with Gasteiger partial charge in [-0.3, -0.25) is 9.69 Å². The molecule has 2 heterocycles. The Bertz CT molecular complexity index is 1020. The predicted octanol–water partition coefficient (Wildman–Crippen LogP) is 4.25. The van der Waals surface area contributed by atoms with Gasteiger partial charge in [-0.2, -0.15) is 4.98 Å². The molecule has 0 saturated carbocycles. The van der Waals surface area contributed by atoms with Crippen molar-refractivity contribution in [1.29, 1.82) is 0 Å². The van der Waals surface area contributed by atoms with Gasteiger partial charge in [0, 0.05) is 31.7 Å². The molecule has 0 spiro atoms. The zero-order valence-electron chi connectivity index (χ0n) is 18.9. The van der Waals surface area contributed by atoms with Crippen LogP contribution in [0.15, 0.2) is 59.1 Å². The Morgan fingerprint density at radius 1 is 1.12 bits per heavy atom. The number of ether oxygens (including phenoxy) is 1. The molecule has 168 valence electrons. The van der Waals surface area contributed by atoms with Crippen LogP contribution >= 0.6 is 0 Å². The molecule has 1 amide bonds. The first-order valence-electron chi connectivity index (χ1n) is 11.1. The summed E-state index contributed by atoms with van der Waals surface area (Å²) in [5.74, 6) is 1.92. The SMILES string of the molecule is Cc1noc(C2CN(Cc3ccc(OC(C)C)cc3)CCCN2C(=O)c2ccccc2)n1. The van der Waals surface area contributed by atoms with Crippen molar-refractivity contribution in [2.75, 3.05) is 19.6 Å². The van der Waals surface area contributed by atoms with E-state index in [2.05, 4.69) is 27.2 Å². The average Bonchev–Trinajstić information content (AvgIpc) is 3.11. The maximum absolute atomic E-state index is 13.3. The molecule has 1 fully saturated rings. The normalized spacial score (nSPS) is 17.4. The summed E-state index contributed by atoms with van der Waals surface area (Å²) in [4.78, 5) is 22.0. The van der Waals surface area contributed by atoms with Crippen LogP contribution in [0.2, 0.25) is 0 Å². The van der Waals surface area contributed by atoms with Gasteiger partial charge in [0.05, 0.1) is 6.10 Å². The molecular weight excluding hydrogens is 404 g/mol. The van der Waals surface area contributed by atoms with Crippen LogP contribution in [0.5, 0.6) is 5.75 Å². The Labute approximate surface area is 189 Å². The highest BCUT2D eigenvalue weighted by Crippen LogP contribution is 2.27. The first kappa shape index (κ1) is 22.0. The summed E-state index contributed by atoms with van der Waals surface area (Å²) in [5, 5.41) is 3.97. The van der Waals surface area contributed by atoms with Gasteiger partial charge < -0.3 is 14.2 Å². The molecule has 1 atom stereocenters. The maximum atomic E-state index is 13.3. The molecule has 3 aromatic rings. The number of aryl methyl sites for hydroxylation is 1. The van der Waals surface area contributed by atoms with E-state index < -0.39 is 0 Å². The zero-order chi connectivity index (χ0) is 22.5. The number of nitrogens with zero attached hydrogens (tertiary/aromatic N) is 4. The molecule has 1 saturated heterocycles. The summed E-state index contributed by atoms with van der Waals surface area (Å²) in [7, 11) is 0. The Kier molecular flexibility index (Phi) is 6.85. The number of rotatable bonds is 6. The van der Waals surface area contributed by atoms with Gasteiger partial charge in [0.15, 0.2) is 5.82 Å². The lowest BCUT2D eigenvalue weighted by atomic mass is 10.1. The van der Waals surface area contributed by atoms with Gasteiger partial charge in [0.1, 0.15) is 11.8 Å². The Morgan fingerprint density at radius 2 is 1.88 bits per heavy atom. The van der Waals surface area contributed by atoms with Crippen molar-refractivity contribution in [3.05, 3.63) is 77.4 Å². The van der Waals surface area contributed by atoms with Crippen molar-refractivity contribution in [3.8, 4) is 5.75 Å². The topological polar surface area (TPSA) is 71.7 Å². The third kappa shape index (κ3) is 5.34. The number of hydrogen-bond donors (Lipinski definition) is 0. The third-order valence-electron chi connectivity index (χ3n) is 5.49. The molecule has 4 rings (SSSR count). The quantitative estimate of drug-likeness (QED) is 0.577. The standard InChI is InChI=1S/C25H30N4O3/c1-18(2)31-22-12-10-20(11-13-22)16-28-14-7-15-29(25(30)21-8-5-4-6-9-21)23(17-28)24-26-19(3)27-32-24/h4-6,8-13,18,23H,7,14-17H2,1-3H3. The second-order valence-corrected chi connectivity index (χ2v) is 8.46. The van der Waals surface area contributed by atoms with Crippen molar-refractivity contribution in [1.82, 2.24) is 19.9 Å². The number of benzene rings is 2. The average molecular weight is 435 g/mol. The first-order chi connectivity index (χ1) is 15.5. The van der Waals surface area contributed by atoms with Crippen molar-refractivity contribution in [3.63, 3.8) is 0 Å². The lowest BCUT2D eigenvalue weighted by Crippen LogP contribution is -2.38. The molecule has 0 radical (unpaired) electrons. The lowest BCUT2D eigenvalue weighted by Gasteiger charge is -2.29. The number of aromatic nitrogens is 2. The predicted molar refractivity (Wildman–Crippen MR) is 121 cm³/mol. The largest absolute Gasteiger partial charge is 0.491 e. The molecule has 1 aliphatic rings. The van der Waals surface area contributed by atoms with Crippen molar-refractivity contribution < 1.29 is 14.1 Å². The summed E-state index contributed by atoms with van der Waals surface area (Å²) in [6.45, 7) is 8.76. The second-order valence-electron chi connectivity index (χ2n) is 8.46. The summed E-state index contributed by atoms with van der Waals surface area (Å²) in [6, 6.07) is 17.3. The smallest absolute Gasteiger partial charge is 0.254 e. The van der Waals surface area contributed by atoms with E-state index in [1.54, 1.807) is 6.92 Å². The number of hydrogen-bond acceptors (Lipinski definition) is 6. The van der Waals surface area contributed by atoms with E-state index in [-0.39, 0.29) is 18.1 Å². The van der Waals surface area contributed by atoms with Crippen molar-refractivity contribution in [2.24, 2.45) is 0 Å². The van der Waals surface area contributed by atoms with Gasteiger partial charge in [-0.05, 0) is 57.0 Å². The Morgan fingerprint density at radius 3 is 2.53 bits per heavy atom. The summed E-state index contributed by atoms with van der Waals surface area (Å²) in [5.41, 5.74) is 1.87. The van der Waals surface area contributed by atoms with Crippen LogP contribution in [0.1, 0.15) is 53.9 Å². The monoisotopic (exact) mass is 434 g/mol. The fraction of sp³-hybridized carbons (Fsp3) is 0.400. The second kappa shape index (κ2) is 9.96. The van der Waals surface area contributed by atoms with E-state index in [9.17, 15) is 4.79 Å². The molecule has 7 heteroatoms. The Hall–Kier alpha value is -3.19. The van der Waals surface area contributed by atoms with Gasteiger partial charge in [-0.15, -0.1) is 0 Å². The minimum atomic E-state index is -0.296. The number of carbonyl (C=O) groups excluding carboxylic acids is 1. The molecule has 0 bridgehead atoms. The van der Waals surface area contributed by atoms with E-state index in [1.807, 2.05) is 61.2 Å². The van der Waals surface area contributed by atoms with E-state index in [0.717, 1.165) is 25.3 Å². The van der Waals surface area contributed by atoms with Crippen LogP contribution in [-0.2, 0) is 6.54 Å². The van der Waals surface area contributed by atoms with Crippen LogP contribution in [0.4, 0.5) is 0 Å². The number of amides is 1. The summed E-state index contributed by atoms with van der Waals surface area (Å²) >= 11 is 0. The zero-order valence-corrected chi connectivity index (χ0v) is 18.9. The van der Waals surface area contributed by atoms with Crippen molar-refractivity contribution in [2.45, 2.75) is 45.9 Å². The molecular formula is C25H30N4O3. The summed E-state index contributed by atoms with van der Waals surface area (Å²) < 4.78 is 11.3. The third-order valence-corrected chi connectivity index (χ3v) is 5.49. The highest BCUT2D eigenvalue weighted by Gasteiger charge is 2.34. The first-order valence-corrected chi connectivity index (χ1v) is 11.1. The maximum Gasteiger partial charge on any atom is 0.254 e. The van der Waals surface area contributed by atoms with Gasteiger partial charge in [0.25, 0.3) is 11.8 Å². The molecule has 7 nitrogen and oxygen atoms in total. The molecule has 1 aromatic heterocycles. The number of carbonyl (C=O) groups is 1. The van der Waals surface area contributed by atoms with E-state index in [0.29, 0.717) is 30.4 Å². The molecule has 1 aliphatic heterocycles. The molecule has 2 aromatic carbocycles. The van der Waals surface area contributed by atoms with Crippen LogP contribution in [0, 0.1) is 6.92 Å². The summed E-state index contributed by atoms with van der Waals surface area (Å²) in [6.07, 6.45) is 1.02. The molecule has 0 N–H and O–H groups in total. The fourth-order valence-corrected chi connectivity index (χ4v) is 4.05. The van der Waals surface area contributed by atoms with Gasteiger partial charge in [-0.1, -0.05) is 35.5 Å². The minimum absolute atomic E-state index is 0.0107. The van der Waals surface area contributed by atoms with Crippen LogP contribution in [0.25, 0.3) is 0 Å². The Balaban J connectivity index is 1.54. The van der Waals surface area contributed by atoms with Gasteiger partial charge in [0.2, 0.25) is 0 Å². The van der Waals surface area contributed by atoms with Crippen LogP contribution in [-0.4, -0.2) is 51.6 Å². The lowest BCUT2D eigenvalue weighted by molar-refractivity contribution is 0.0631. The highest BCUT2D eigenvalue weighted by molar-refractivity contribution is 5.94. The molecule has 32 heavy (non-hydrogen) atoms. The van der Waals surface area contributed by atoms with Gasteiger partial charge in [-0.25, -0.2) is 0 Å². The fourth-order valence-electron chi connectivity index (χ4n) is 4.05. The van der Waals surface area contributed by atoms with E-state index >= 15 is 0 Å². The minimum Gasteiger partial charge on any atom is -0.491 e. The van der Waals surface area contributed by atoms with Crippen LogP contribution in [0.3, 0.4) is 0 Å². The van der Waals surface area contributed by atoms with Crippen LogP contribution < -0.4 is 4.74 Å². The molecule has 0 aliphatic carbocycles. The van der Waals surface area contributed by atoms with E-state index in [4.69, 9.17) is 9.26 Å². The van der Waals surface area contributed by atoms with Gasteiger partial charge >= 0.3 is 0 Å². The van der Waals surface area contributed by atoms with E-state index in [1.165, 1.54) is 5.56 Å². The van der Waals surface area contributed by atoms with Crippen molar-refractivity contribution >= 4 is 5.91 Å². The molecule has 1 unspecified atom stereocenters.